The molecular weight excluding hydrogens is 274 g/mol. The van der Waals surface area contributed by atoms with Gasteiger partial charge in [-0.15, -0.1) is 11.3 Å². The predicted molar refractivity (Wildman–Crippen MR) is 76.0 cm³/mol. The van der Waals surface area contributed by atoms with Crippen LogP contribution in [0.2, 0.25) is 0 Å². The molecule has 2 heterocycles. The number of carbonyl (C=O) groups is 2. The van der Waals surface area contributed by atoms with Crippen LogP contribution in [0.4, 0.5) is 0 Å². The van der Waals surface area contributed by atoms with Crippen molar-refractivity contribution in [1.29, 1.82) is 0 Å². The maximum absolute atomic E-state index is 12.6. The van der Waals surface area contributed by atoms with Crippen LogP contribution < -0.4 is 5.32 Å². The number of hydrogen-bond donors (Lipinski definition) is 1. The third-order valence-corrected chi connectivity index (χ3v) is 4.82. The molecule has 1 aromatic heterocycles. The van der Waals surface area contributed by atoms with Gasteiger partial charge in [0.25, 0.3) is 0 Å². The fourth-order valence-corrected chi connectivity index (χ4v) is 3.71. The molecule has 2 fully saturated rings. The molecular formula is C14H19N3O2S. The summed E-state index contributed by atoms with van der Waals surface area (Å²) < 4.78 is 0. The molecule has 20 heavy (non-hydrogen) atoms. The molecule has 1 saturated carbocycles. The second-order valence-electron chi connectivity index (χ2n) is 5.62. The van der Waals surface area contributed by atoms with Gasteiger partial charge in [0.05, 0.1) is 17.7 Å². The van der Waals surface area contributed by atoms with E-state index in [1.54, 1.807) is 10.4 Å². The highest BCUT2D eigenvalue weighted by Gasteiger charge is 2.38. The zero-order chi connectivity index (χ0) is 13.9. The van der Waals surface area contributed by atoms with Gasteiger partial charge < -0.3 is 10.2 Å². The lowest BCUT2D eigenvalue weighted by Crippen LogP contribution is -2.60. The lowest BCUT2D eigenvalue weighted by Gasteiger charge is -2.37. The van der Waals surface area contributed by atoms with Gasteiger partial charge in [0.2, 0.25) is 11.8 Å². The van der Waals surface area contributed by atoms with E-state index in [0.717, 1.165) is 31.4 Å². The lowest BCUT2D eigenvalue weighted by atomic mass is 9.82. The third kappa shape index (κ3) is 2.85. The lowest BCUT2D eigenvalue weighted by molar-refractivity contribution is -0.146. The summed E-state index contributed by atoms with van der Waals surface area (Å²) in [7, 11) is 0. The first kappa shape index (κ1) is 13.5. The van der Waals surface area contributed by atoms with Gasteiger partial charge in [0.15, 0.2) is 0 Å². The quantitative estimate of drug-likeness (QED) is 0.919. The van der Waals surface area contributed by atoms with Crippen molar-refractivity contribution in [2.24, 2.45) is 5.92 Å². The van der Waals surface area contributed by atoms with Crippen LogP contribution in [0.15, 0.2) is 10.9 Å². The summed E-state index contributed by atoms with van der Waals surface area (Å²) in [6.45, 7) is 0.596. The van der Waals surface area contributed by atoms with Crippen molar-refractivity contribution in [1.82, 2.24) is 15.2 Å². The minimum absolute atomic E-state index is 0.0459. The maximum Gasteiger partial charge on any atom is 0.246 e. The molecule has 0 spiro atoms. The van der Waals surface area contributed by atoms with Gasteiger partial charge in [-0.3, -0.25) is 9.59 Å². The zero-order valence-electron chi connectivity index (χ0n) is 11.4. The first-order valence-electron chi connectivity index (χ1n) is 7.19. The molecule has 2 aliphatic rings. The Balaban J connectivity index is 1.71. The molecule has 1 atom stereocenters. The van der Waals surface area contributed by atoms with Gasteiger partial charge in [-0.05, 0) is 18.8 Å². The largest absolute Gasteiger partial charge is 0.342 e. The van der Waals surface area contributed by atoms with Crippen molar-refractivity contribution >= 4 is 23.2 Å². The van der Waals surface area contributed by atoms with Crippen LogP contribution in [0.3, 0.4) is 0 Å². The smallest absolute Gasteiger partial charge is 0.246 e. The molecule has 1 unspecified atom stereocenters. The Morgan fingerprint density at radius 1 is 1.30 bits per heavy atom. The van der Waals surface area contributed by atoms with Crippen LogP contribution >= 0.6 is 11.3 Å². The van der Waals surface area contributed by atoms with Crippen LogP contribution in [-0.2, 0) is 16.1 Å². The molecule has 2 amide bonds. The number of piperazine rings is 1. The minimum Gasteiger partial charge on any atom is -0.342 e. The Bertz CT molecular complexity index is 483. The van der Waals surface area contributed by atoms with Crippen LogP contribution in [-0.4, -0.2) is 34.3 Å². The van der Waals surface area contributed by atoms with E-state index in [0.29, 0.717) is 12.5 Å². The van der Waals surface area contributed by atoms with Crippen LogP contribution in [0, 0.1) is 5.92 Å². The first-order valence-corrected chi connectivity index (χ1v) is 8.13. The monoisotopic (exact) mass is 293 g/mol. The van der Waals surface area contributed by atoms with Gasteiger partial charge in [0.1, 0.15) is 12.6 Å². The van der Waals surface area contributed by atoms with Gasteiger partial charge in [-0.25, -0.2) is 4.98 Å². The van der Waals surface area contributed by atoms with Gasteiger partial charge in [-0.1, -0.05) is 19.3 Å². The van der Waals surface area contributed by atoms with E-state index in [-0.39, 0.29) is 24.4 Å². The highest BCUT2D eigenvalue weighted by molar-refractivity contribution is 7.07. The molecule has 3 rings (SSSR count). The first-order chi connectivity index (χ1) is 9.74. The van der Waals surface area contributed by atoms with Crippen LogP contribution in [0.25, 0.3) is 0 Å². The summed E-state index contributed by atoms with van der Waals surface area (Å²) in [5.74, 6) is 0.318. The highest BCUT2D eigenvalue weighted by atomic mass is 32.1. The Labute approximate surface area is 122 Å². The van der Waals surface area contributed by atoms with Crippen molar-refractivity contribution in [3.63, 3.8) is 0 Å². The van der Waals surface area contributed by atoms with E-state index in [9.17, 15) is 9.59 Å². The third-order valence-electron chi connectivity index (χ3n) is 4.19. The van der Waals surface area contributed by atoms with Crippen molar-refractivity contribution in [2.75, 3.05) is 6.54 Å². The Kier molecular flexibility index (Phi) is 4.00. The van der Waals surface area contributed by atoms with E-state index < -0.39 is 0 Å². The Hall–Kier alpha value is -1.43. The maximum atomic E-state index is 12.6. The van der Waals surface area contributed by atoms with E-state index in [2.05, 4.69) is 10.3 Å². The molecule has 1 aliphatic heterocycles. The summed E-state index contributed by atoms with van der Waals surface area (Å²) in [6, 6.07) is -0.324. The number of carbonyl (C=O) groups excluding carboxylic acids is 2. The highest BCUT2D eigenvalue weighted by Crippen LogP contribution is 2.28. The molecule has 0 aromatic carbocycles. The SMILES string of the molecule is O=C1CN(Cc2cscn2)C(=O)C(C2CCCCC2)N1. The topological polar surface area (TPSA) is 62.3 Å². The van der Waals surface area contributed by atoms with Crippen molar-refractivity contribution in [2.45, 2.75) is 44.7 Å². The summed E-state index contributed by atoms with van der Waals surface area (Å²) in [5, 5.41) is 4.82. The Morgan fingerprint density at radius 3 is 2.80 bits per heavy atom. The molecule has 0 radical (unpaired) electrons. The summed E-state index contributed by atoms with van der Waals surface area (Å²) >= 11 is 1.51. The minimum atomic E-state index is -0.324. The van der Waals surface area contributed by atoms with Crippen LogP contribution in [0.1, 0.15) is 37.8 Å². The van der Waals surface area contributed by atoms with Gasteiger partial charge in [0, 0.05) is 5.38 Å². The van der Waals surface area contributed by atoms with E-state index in [4.69, 9.17) is 0 Å². The number of thiazole rings is 1. The van der Waals surface area contributed by atoms with Gasteiger partial charge >= 0.3 is 0 Å². The van der Waals surface area contributed by atoms with E-state index in [1.165, 1.54) is 17.8 Å². The number of nitrogens with zero attached hydrogens (tertiary/aromatic N) is 2. The second kappa shape index (κ2) is 5.91. The van der Waals surface area contributed by atoms with Crippen LogP contribution in [0.5, 0.6) is 0 Å². The molecule has 1 saturated heterocycles. The number of nitrogens with one attached hydrogen (secondary N) is 1. The molecule has 6 heteroatoms. The Morgan fingerprint density at radius 2 is 2.10 bits per heavy atom. The average molecular weight is 293 g/mol. The summed E-state index contributed by atoms with van der Waals surface area (Å²) in [6.07, 6.45) is 5.66. The number of amides is 2. The predicted octanol–water partition coefficient (Wildman–Crippen LogP) is 1.55. The second-order valence-corrected chi connectivity index (χ2v) is 6.34. The molecule has 5 nitrogen and oxygen atoms in total. The van der Waals surface area contributed by atoms with Gasteiger partial charge in [-0.2, -0.15) is 0 Å². The normalized spacial score (nSPS) is 24.8. The van der Waals surface area contributed by atoms with Crippen molar-refractivity contribution in [3.05, 3.63) is 16.6 Å². The zero-order valence-corrected chi connectivity index (χ0v) is 12.2. The summed E-state index contributed by atoms with van der Waals surface area (Å²) in [4.78, 5) is 30.3. The molecule has 108 valence electrons. The number of rotatable bonds is 3. The fourth-order valence-electron chi connectivity index (χ4n) is 3.16. The fraction of sp³-hybridized carbons (Fsp3) is 0.643. The van der Waals surface area contributed by atoms with E-state index >= 15 is 0 Å². The molecule has 0 bridgehead atoms. The molecule has 1 aromatic rings. The molecule has 1 N–H and O–H groups in total. The number of aromatic nitrogens is 1. The summed E-state index contributed by atoms with van der Waals surface area (Å²) in [5.41, 5.74) is 2.61. The average Bonchev–Trinajstić information content (AvgIpc) is 2.96. The van der Waals surface area contributed by atoms with E-state index in [1.807, 2.05) is 5.38 Å². The number of hydrogen-bond acceptors (Lipinski definition) is 4. The van der Waals surface area contributed by atoms with Crippen molar-refractivity contribution in [3.8, 4) is 0 Å². The molecule has 1 aliphatic carbocycles. The van der Waals surface area contributed by atoms with Crippen molar-refractivity contribution < 1.29 is 9.59 Å². The standard InChI is InChI=1S/C14H19N3O2S/c18-12-7-17(6-11-8-20-9-15-11)14(19)13(16-12)10-4-2-1-3-5-10/h8-10,13H,1-7H2,(H,16,18).